The van der Waals surface area contributed by atoms with Crippen molar-refractivity contribution in [2.45, 2.75) is 38.8 Å². The second-order valence-corrected chi connectivity index (χ2v) is 6.30. The molecule has 0 heterocycles. The molecule has 1 rings (SSSR count). The highest BCUT2D eigenvalue weighted by atomic mass is 35.5. The van der Waals surface area contributed by atoms with Crippen LogP contribution in [0.4, 0.5) is 10.5 Å². The van der Waals surface area contributed by atoms with E-state index in [0.717, 1.165) is 5.56 Å². The van der Waals surface area contributed by atoms with Crippen LogP contribution in [-0.4, -0.2) is 29.2 Å². The molecular formula is C14H20ClN3O4. The third-order valence-corrected chi connectivity index (χ3v) is 2.92. The first-order chi connectivity index (χ1) is 10.1. The lowest BCUT2D eigenvalue weighted by Crippen LogP contribution is -2.41. The molecule has 1 aromatic rings. The first-order valence-corrected chi connectivity index (χ1v) is 7.11. The van der Waals surface area contributed by atoms with Gasteiger partial charge >= 0.3 is 6.09 Å². The summed E-state index contributed by atoms with van der Waals surface area (Å²) in [6.45, 7) is 5.53. The predicted octanol–water partition coefficient (Wildman–Crippen LogP) is 2.64. The molecule has 0 aliphatic carbocycles. The van der Waals surface area contributed by atoms with E-state index in [1.165, 1.54) is 12.1 Å². The lowest BCUT2D eigenvalue weighted by molar-refractivity contribution is -0.384. The van der Waals surface area contributed by atoms with Gasteiger partial charge < -0.3 is 15.8 Å². The normalized spacial score (nSPS) is 12.6. The number of carbonyl (C=O) groups excluding carboxylic acids is 1. The molecule has 1 amide bonds. The van der Waals surface area contributed by atoms with E-state index in [0.29, 0.717) is 6.42 Å². The number of nitro groups is 1. The van der Waals surface area contributed by atoms with Gasteiger partial charge in [0.15, 0.2) is 0 Å². The maximum Gasteiger partial charge on any atom is 0.407 e. The minimum Gasteiger partial charge on any atom is -0.444 e. The number of alkyl carbamates (subject to hydrolysis) is 1. The molecule has 0 fully saturated rings. The number of hydrogen-bond donors (Lipinski definition) is 2. The molecule has 0 aromatic heterocycles. The smallest absolute Gasteiger partial charge is 0.407 e. The quantitative estimate of drug-likeness (QED) is 0.637. The summed E-state index contributed by atoms with van der Waals surface area (Å²) in [5.74, 6) is 0. The number of nitrogens with two attached hydrogens (primary N) is 1. The fourth-order valence-corrected chi connectivity index (χ4v) is 2.00. The van der Waals surface area contributed by atoms with Gasteiger partial charge in [-0.1, -0.05) is 17.7 Å². The van der Waals surface area contributed by atoms with Crippen molar-refractivity contribution in [2.75, 3.05) is 6.54 Å². The number of amides is 1. The number of carbonyl (C=O) groups is 1. The van der Waals surface area contributed by atoms with Gasteiger partial charge in [0.1, 0.15) is 10.6 Å². The zero-order valence-corrected chi connectivity index (χ0v) is 13.5. The number of nitrogens with one attached hydrogen (secondary N) is 1. The van der Waals surface area contributed by atoms with Crippen LogP contribution in [0.3, 0.4) is 0 Å². The van der Waals surface area contributed by atoms with Crippen molar-refractivity contribution in [1.29, 1.82) is 0 Å². The van der Waals surface area contributed by atoms with Crippen molar-refractivity contribution in [3.8, 4) is 0 Å². The highest BCUT2D eigenvalue weighted by Crippen LogP contribution is 2.25. The molecule has 7 nitrogen and oxygen atoms in total. The second-order valence-electron chi connectivity index (χ2n) is 5.89. The molecule has 0 aliphatic rings. The SMILES string of the molecule is CC(C)(C)OC(=O)NCC(N)Cc1ccc([N+](=O)[O-])c(Cl)c1. The Balaban J connectivity index is 2.52. The van der Waals surface area contributed by atoms with E-state index in [1.807, 2.05) is 0 Å². The van der Waals surface area contributed by atoms with E-state index in [9.17, 15) is 14.9 Å². The fourth-order valence-electron chi connectivity index (χ4n) is 1.73. The number of rotatable bonds is 5. The monoisotopic (exact) mass is 329 g/mol. The molecule has 1 atom stereocenters. The van der Waals surface area contributed by atoms with E-state index in [4.69, 9.17) is 22.1 Å². The number of hydrogen-bond acceptors (Lipinski definition) is 5. The topological polar surface area (TPSA) is 107 Å². The summed E-state index contributed by atoms with van der Waals surface area (Å²) >= 11 is 5.84. The molecular weight excluding hydrogens is 310 g/mol. The molecule has 1 unspecified atom stereocenters. The zero-order chi connectivity index (χ0) is 16.9. The molecule has 1 aromatic carbocycles. The maximum atomic E-state index is 11.5. The number of nitrogens with zero attached hydrogens (tertiary/aromatic N) is 1. The van der Waals surface area contributed by atoms with Crippen LogP contribution >= 0.6 is 11.6 Å². The summed E-state index contributed by atoms with van der Waals surface area (Å²) in [5.41, 5.74) is 5.96. The van der Waals surface area contributed by atoms with Crippen LogP contribution in [-0.2, 0) is 11.2 Å². The van der Waals surface area contributed by atoms with Gasteiger partial charge in [-0.05, 0) is 38.8 Å². The largest absolute Gasteiger partial charge is 0.444 e. The van der Waals surface area contributed by atoms with Gasteiger partial charge in [0.2, 0.25) is 0 Å². The molecule has 0 saturated carbocycles. The lowest BCUT2D eigenvalue weighted by atomic mass is 10.1. The number of benzene rings is 1. The van der Waals surface area contributed by atoms with Gasteiger partial charge in [-0.25, -0.2) is 4.79 Å². The Hall–Kier alpha value is -1.86. The Morgan fingerprint density at radius 1 is 1.50 bits per heavy atom. The van der Waals surface area contributed by atoms with Crippen LogP contribution in [0.2, 0.25) is 5.02 Å². The van der Waals surface area contributed by atoms with Crippen molar-refractivity contribution in [2.24, 2.45) is 5.73 Å². The van der Waals surface area contributed by atoms with Crippen LogP contribution in [0.25, 0.3) is 0 Å². The van der Waals surface area contributed by atoms with Crippen molar-refractivity contribution in [3.05, 3.63) is 38.9 Å². The first-order valence-electron chi connectivity index (χ1n) is 6.74. The molecule has 0 saturated heterocycles. The molecule has 0 bridgehead atoms. The molecule has 3 N–H and O–H groups in total. The van der Waals surface area contributed by atoms with Crippen molar-refractivity contribution >= 4 is 23.4 Å². The van der Waals surface area contributed by atoms with E-state index in [-0.39, 0.29) is 23.3 Å². The van der Waals surface area contributed by atoms with Crippen LogP contribution in [0.5, 0.6) is 0 Å². The van der Waals surface area contributed by atoms with Gasteiger partial charge in [-0.2, -0.15) is 0 Å². The highest BCUT2D eigenvalue weighted by molar-refractivity contribution is 6.32. The third kappa shape index (κ3) is 6.28. The van der Waals surface area contributed by atoms with E-state index in [1.54, 1.807) is 26.8 Å². The number of halogens is 1. The number of nitro benzene ring substituents is 1. The van der Waals surface area contributed by atoms with Crippen molar-refractivity contribution < 1.29 is 14.5 Å². The van der Waals surface area contributed by atoms with Crippen molar-refractivity contribution in [1.82, 2.24) is 5.32 Å². The van der Waals surface area contributed by atoms with Crippen molar-refractivity contribution in [3.63, 3.8) is 0 Å². The second kappa shape index (κ2) is 7.42. The zero-order valence-electron chi connectivity index (χ0n) is 12.8. The Morgan fingerprint density at radius 2 is 2.14 bits per heavy atom. The predicted molar refractivity (Wildman–Crippen MR) is 84.0 cm³/mol. The van der Waals surface area contributed by atoms with Crippen LogP contribution < -0.4 is 11.1 Å². The molecule has 122 valence electrons. The molecule has 8 heteroatoms. The Bertz CT molecular complexity index is 558. The first kappa shape index (κ1) is 18.2. The van der Waals surface area contributed by atoms with Crippen LogP contribution in [0, 0.1) is 10.1 Å². The maximum absolute atomic E-state index is 11.5. The lowest BCUT2D eigenvalue weighted by Gasteiger charge is -2.20. The minimum atomic E-state index is -0.569. The van der Waals surface area contributed by atoms with Crippen LogP contribution in [0.15, 0.2) is 18.2 Å². The van der Waals surface area contributed by atoms with Gasteiger partial charge in [-0.15, -0.1) is 0 Å². The summed E-state index contributed by atoms with van der Waals surface area (Å²) in [6.07, 6.45) is -0.113. The summed E-state index contributed by atoms with van der Waals surface area (Å²) in [7, 11) is 0. The van der Waals surface area contributed by atoms with E-state index in [2.05, 4.69) is 5.32 Å². The van der Waals surface area contributed by atoms with E-state index >= 15 is 0 Å². The summed E-state index contributed by atoms with van der Waals surface area (Å²) in [5, 5.41) is 13.3. The fraction of sp³-hybridized carbons (Fsp3) is 0.500. The average molecular weight is 330 g/mol. The Kier molecular flexibility index (Phi) is 6.13. The molecule has 0 spiro atoms. The van der Waals surface area contributed by atoms with Crippen LogP contribution in [0.1, 0.15) is 26.3 Å². The third-order valence-electron chi connectivity index (χ3n) is 2.61. The summed E-state index contributed by atoms with van der Waals surface area (Å²) < 4.78 is 5.10. The minimum absolute atomic E-state index is 0.0646. The molecule has 0 radical (unpaired) electrons. The Labute approximate surface area is 133 Å². The van der Waals surface area contributed by atoms with Gasteiger partial charge in [0.25, 0.3) is 5.69 Å². The summed E-state index contributed by atoms with van der Waals surface area (Å²) in [6, 6.07) is 4.08. The Morgan fingerprint density at radius 3 is 2.64 bits per heavy atom. The van der Waals surface area contributed by atoms with Gasteiger partial charge in [0.05, 0.1) is 4.92 Å². The van der Waals surface area contributed by atoms with E-state index < -0.39 is 16.6 Å². The van der Waals surface area contributed by atoms with Gasteiger partial charge in [-0.3, -0.25) is 10.1 Å². The standard InChI is InChI=1S/C14H20ClN3O4/c1-14(2,3)22-13(19)17-8-10(16)6-9-4-5-12(18(20)21)11(15)7-9/h4-5,7,10H,6,8,16H2,1-3H3,(H,17,19). The molecule has 22 heavy (non-hydrogen) atoms. The summed E-state index contributed by atoms with van der Waals surface area (Å²) in [4.78, 5) is 21.6. The highest BCUT2D eigenvalue weighted by Gasteiger charge is 2.17. The van der Waals surface area contributed by atoms with Gasteiger partial charge in [0, 0.05) is 18.7 Å². The average Bonchev–Trinajstić information content (AvgIpc) is 2.34. The molecule has 0 aliphatic heterocycles. The number of ether oxygens (including phenoxy) is 1.